The molecule has 1 aromatic rings. The Morgan fingerprint density at radius 3 is 2.32 bits per heavy atom. The maximum atomic E-state index is 12.3. The van der Waals surface area contributed by atoms with Crippen LogP contribution >= 0.6 is 0 Å². The van der Waals surface area contributed by atoms with E-state index in [1.807, 2.05) is 20.8 Å². The molecule has 1 aromatic carbocycles. The summed E-state index contributed by atoms with van der Waals surface area (Å²) in [4.78, 5) is 24.4. The van der Waals surface area contributed by atoms with Crippen LogP contribution in [-0.2, 0) is 4.79 Å². The molecule has 0 aliphatic heterocycles. The first-order valence-electron chi connectivity index (χ1n) is 7.70. The molecule has 5 heteroatoms. The SMILES string of the molecule is CCCNC(=O)C(CC(C)C)NC(=O)c1ccc(OC)cc1. The first-order valence-corrected chi connectivity index (χ1v) is 7.70. The van der Waals surface area contributed by atoms with Gasteiger partial charge in [-0.3, -0.25) is 9.59 Å². The third kappa shape index (κ3) is 5.76. The van der Waals surface area contributed by atoms with Gasteiger partial charge in [0.25, 0.3) is 5.91 Å². The molecule has 22 heavy (non-hydrogen) atoms. The number of carbonyl (C=O) groups is 2. The maximum absolute atomic E-state index is 12.3. The number of nitrogens with one attached hydrogen (secondary N) is 2. The summed E-state index contributed by atoms with van der Waals surface area (Å²) in [6.45, 7) is 6.67. The van der Waals surface area contributed by atoms with E-state index >= 15 is 0 Å². The van der Waals surface area contributed by atoms with Gasteiger partial charge in [-0.15, -0.1) is 0 Å². The average Bonchev–Trinajstić information content (AvgIpc) is 2.51. The predicted octanol–water partition coefficient (Wildman–Crippen LogP) is 2.37. The largest absolute Gasteiger partial charge is 0.497 e. The molecule has 0 radical (unpaired) electrons. The van der Waals surface area contributed by atoms with Gasteiger partial charge in [-0.1, -0.05) is 20.8 Å². The van der Waals surface area contributed by atoms with Crippen molar-refractivity contribution in [3.05, 3.63) is 29.8 Å². The molecule has 0 bridgehead atoms. The monoisotopic (exact) mass is 306 g/mol. The van der Waals surface area contributed by atoms with Crippen molar-refractivity contribution in [3.63, 3.8) is 0 Å². The van der Waals surface area contributed by atoms with Crippen molar-refractivity contribution in [3.8, 4) is 5.75 Å². The molecule has 0 heterocycles. The van der Waals surface area contributed by atoms with E-state index in [4.69, 9.17) is 4.74 Å². The quantitative estimate of drug-likeness (QED) is 0.775. The van der Waals surface area contributed by atoms with Crippen LogP contribution in [0.4, 0.5) is 0 Å². The van der Waals surface area contributed by atoms with Crippen LogP contribution in [0.2, 0.25) is 0 Å². The summed E-state index contributed by atoms with van der Waals surface area (Å²) in [5.41, 5.74) is 0.512. The second kappa shape index (κ2) is 9.07. The molecular weight excluding hydrogens is 280 g/mol. The molecule has 1 unspecified atom stereocenters. The zero-order valence-electron chi connectivity index (χ0n) is 13.8. The van der Waals surface area contributed by atoms with Crippen molar-refractivity contribution in [1.82, 2.24) is 10.6 Å². The van der Waals surface area contributed by atoms with Crippen LogP contribution in [0, 0.1) is 5.92 Å². The van der Waals surface area contributed by atoms with Crippen molar-refractivity contribution in [2.45, 2.75) is 39.7 Å². The van der Waals surface area contributed by atoms with Gasteiger partial charge in [0.2, 0.25) is 5.91 Å². The summed E-state index contributed by atoms with van der Waals surface area (Å²) in [5, 5.41) is 5.66. The number of ether oxygens (including phenoxy) is 1. The van der Waals surface area contributed by atoms with Crippen molar-refractivity contribution in [2.75, 3.05) is 13.7 Å². The van der Waals surface area contributed by atoms with Gasteiger partial charge in [0.1, 0.15) is 11.8 Å². The molecular formula is C17H26N2O3. The number of amides is 2. The van der Waals surface area contributed by atoms with Crippen LogP contribution in [0.1, 0.15) is 44.0 Å². The molecule has 0 fully saturated rings. The minimum atomic E-state index is -0.513. The highest BCUT2D eigenvalue weighted by atomic mass is 16.5. The van der Waals surface area contributed by atoms with Gasteiger partial charge in [-0.05, 0) is 43.0 Å². The van der Waals surface area contributed by atoms with E-state index in [1.165, 1.54) is 0 Å². The summed E-state index contributed by atoms with van der Waals surface area (Å²) in [6.07, 6.45) is 1.48. The lowest BCUT2D eigenvalue weighted by Crippen LogP contribution is -2.47. The first kappa shape index (κ1) is 18.0. The maximum Gasteiger partial charge on any atom is 0.251 e. The summed E-state index contributed by atoms with van der Waals surface area (Å²) in [5.74, 6) is 0.627. The van der Waals surface area contributed by atoms with Crippen LogP contribution in [0.15, 0.2) is 24.3 Å². The van der Waals surface area contributed by atoms with Crippen LogP contribution < -0.4 is 15.4 Å². The standard InChI is InChI=1S/C17H26N2O3/c1-5-10-18-17(21)15(11-12(2)3)19-16(20)13-6-8-14(22-4)9-7-13/h6-9,12,15H,5,10-11H2,1-4H3,(H,18,21)(H,19,20). The Bertz CT molecular complexity index is 483. The Morgan fingerprint density at radius 1 is 1.18 bits per heavy atom. The van der Waals surface area contributed by atoms with Gasteiger partial charge in [-0.25, -0.2) is 0 Å². The molecule has 0 aliphatic carbocycles. The minimum Gasteiger partial charge on any atom is -0.497 e. The average molecular weight is 306 g/mol. The van der Waals surface area contributed by atoms with Crippen molar-refractivity contribution >= 4 is 11.8 Å². The molecule has 1 rings (SSSR count). The number of rotatable bonds is 8. The molecule has 1 atom stereocenters. The fraction of sp³-hybridized carbons (Fsp3) is 0.529. The van der Waals surface area contributed by atoms with Gasteiger partial charge in [0.05, 0.1) is 7.11 Å². The third-order valence-corrected chi connectivity index (χ3v) is 3.23. The van der Waals surface area contributed by atoms with Crippen molar-refractivity contribution in [1.29, 1.82) is 0 Å². The Kier molecular flexibility index (Phi) is 7.43. The molecule has 2 amide bonds. The van der Waals surface area contributed by atoms with E-state index in [-0.39, 0.29) is 11.8 Å². The highest BCUT2D eigenvalue weighted by molar-refractivity contribution is 5.97. The Morgan fingerprint density at radius 2 is 1.82 bits per heavy atom. The number of methoxy groups -OCH3 is 1. The normalized spacial score (nSPS) is 11.9. The summed E-state index contributed by atoms with van der Waals surface area (Å²) < 4.78 is 5.07. The Hall–Kier alpha value is -2.04. The van der Waals surface area contributed by atoms with Gasteiger partial charge < -0.3 is 15.4 Å². The fourth-order valence-corrected chi connectivity index (χ4v) is 2.06. The van der Waals surface area contributed by atoms with Crippen LogP contribution in [0.25, 0.3) is 0 Å². The first-order chi connectivity index (χ1) is 10.5. The van der Waals surface area contributed by atoms with Gasteiger partial charge >= 0.3 is 0 Å². The van der Waals surface area contributed by atoms with E-state index in [0.717, 1.165) is 6.42 Å². The van der Waals surface area contributed by atoms with Crippen LogP contribution in [-0.4, -0.2) is 31.5 Å². The minimum absolute atomic E-state index is 0.127. The smallest absolute Gasteiger partial charge is 0.251 e. The molecule has 0 saturated heterocycles. The Labute approximate surface area is 132 Å². The van der Waals surface area contributed by atoms with E-state index < -0.39 is 6.04 Å². The molecule has 0 aliphatic rings. The highest BCUT2D eigenvalue weighted by Crippen LogP contribution is 2.12. The molecule has 0 saturated carbocycles. The van der Waals surface area contributed by atoms with E-state index in [2.05, 4.69) is 10.6 Å². The zero-order valence-corrected chi connectivity index (χ0v) is 13.8. The summed E-state index contributed by atoms with van der Waals surface area (Å²) >= 11 is 0. The summed E-state index contributed by atoms with van der Waals surface area (Å²) in [7, 11) is 1.58. The van der Waals surface area contributed by atoms with E-state index in [1.54, 1.807) is 31.4 Å². The number of hydrogen-bond donors (Lipinski definition) is 2. The highest BCUT2D eigenvalue weighted by Gasteiger charge is 2.22. The molecule has 2 N–H and O–H groups in total. The topological polar surface area (TPSA) is 67.4 Å². The number of carbonyl (C=O) groups excluding carboxylic acids is 2. The molecule has 5 nitrogen and oxygen atoms in total. The Balaban J connectivity index is 2.74. The van der Waals surface area contributed by atoms with Crippen molar-refractivity contribution < 1.29 is 14.3 Å². The lowest BCUT2D eigenvalue weighted by molar-refractivity contribution is -0.123. The zero-order chi connectivity index (χ0) is 16.5. The lowest BCUT2D eigenvalue weighted by Gasteiger charge is -2.20. The lowest BCUT2D eigenvalue weighted by atomic mass is 10.0. The number of benzene rings is 1. The van der Waals surface area contributed by atoms with E-state index in [0.29, 0.717) is 30.2 Å². The fourth-order valence-electron chi connectivity index (χ4n) is 2.06. The molecule has 0 aromatic heterocycles. The predicted molar refractivity (Wildman–Crippen MR) is 87.0 cm³/mol. The van der Waals surface area contributed by atoms with Crippen LogP contribution in [0.3, 0.4) is 0 Å². The van der Waals surface area contributed by atoms with Crippen LogP contribution in [0.5, 0.6) is 5.75 Å². The van der Waals surface area contributed by atoms with Gasteiger partial charge in [-0.2, -0.15) is 0 Å². The third-order valence-electron chi connectivity index (χ3n) is 3.23. The van der Waals surface area contributed by atoms with Crippen molar-refractivity contribution in [2.24, 2.45) is 5.92 Å². The van der Waals surface area contributed by atoms with Gasteiger partial charge in [0, 0.05) is 12.1 Å². The summed E-state index contributed by atoms with van der Waals surface area (Å²) in [6, 6.07) is 6.31. The number of hydrogen-bond acceptors (Lipinski definition) is 3. The molecule has 122 valence electrons. The molecule has 0 spiro atoms. The van der Waals surface area contributed by atoms with Gasteiger partial charge in [0.15, 0.2) is 0 Å². The second-order valence-corrected chi connectivity index (χ2v) is 5.68. The van der Waals surface area contributed by atoms with E-state index in [9.17, 15) is 9.59 Å². The second-order valence-electron chi connectivity index (χ2n) is 5.68.